The molecule has 0 spiro atoms. The first kappa shape index (κ1) is 22.7. The van der Waals surface area contributed by atoms with E-state index in [4.69, 9.17) is 10.5 Å². The largest absolute Gasteiger partial charge is 0.378 e. The zero-order valence-corrected chi connectivity index (χ0v) is 15.6. The number of halogens is 1. The van der Waals surface area contributed by atoms with Crippen LogP contribution in [0.1, 0.15) is 90.9 Å². The maximum Gasteiger partial charge on any atom is 0.0575 e. The van der Waals surface area contributed by atoms with Crippen molar-refractivity contribution in [2.75, 3.05) is 13.2 Å². The van der Waals surface area contributed by atoms with E-state index in [1.54, 1.807) is 0 Å². The van der Waals surface area contributed by atoms with E-state index in [2.05, 4.69) is 13.8 Å². The second-order valence-corrected chi connectivity index (χ2v) is 5.69. The highest BCUT2D eigenvalue weighted by Crippen LogP contribution is 2.15. The van der Waals surface area contributed by atoms with E-state index in [9.17, 15) is 0 Å². The molecule has 0 aromatic carbocycles. The van der Waals surface area contributed by atoms with Crippen LogP contribution in [0.2, 0.25) is 0 Å². The lowest BCUT2D eigenvalue weighted by atomic mass is 10.0. The summed E-state index contributed by atoms with van der Waals surface area (Å²) in [7, 11) is 0. The predicted molar refractivity (Wildman–Crippen MR) is 95.9 cm³/mol. The first-order chi connectivity index (χ1) is 9.35. The fourth-order valence-corrected chi connectivity index (χ4v) is 2.42. The van der Waals surface area contributed by atoms with Gasteiger partial charge in [-0.05, 0) is 25.8 Å². The molecular weight excluding hydrogens is 314 g/mol. The third-order valence-corrected chi connectivity index (χ3v) is 3.71. The molecule has 0 aromatic rings. The van der Waals surface area contributed by atoms with E-state index in [1.165, 1.54) is 70.6 Å². The smallest absolute Gasteiger partial charge is 0.0575 e. The van der Waals surface area contributed by atoms with E-state index in [0.717, 1.165) is 19.6 Å². The molecule has 0 bridgehead atoms. The molecular formula is C17H38BrNO. The molecule has 3 heteroatoms. The van der Waals surface area contributed by atoms with Gasteiger partial charge in [0.05, 0.1) is 6.10 Å². The van der Waals surface area contributed by atoms with E-state index in [1.807, 2.05) is 0 Å². The van der Waals surface area contributed by atoms with Gasteiger partial charge in [-0.25, -0.2) is 0 Å². The molecule has 0 radical (unpaired) electrons. The zero-order valence-electron chi connectivity index (χ0n) is 13.9. The van der Waals surface area contributed by atoms with Crippen LogP contribution in [0.15, 0.2) is 0 Å². The van der Waals surface area contributed by atoms with Crippen LogP contribution in [-0.2, 0) is 4.74 Å². The fraction of sp³-hybridized carbons (Fsp3) is 1.00. The van der Waals surface area contributed by atoms with E-state index >= 15 is 0 Å². The van der Waals surface area contributed by atoms with Gasteiger partial charge in [0.2, 0.25) is 0 Å². The van der Waals surface area contributed by atoms with Gasteiger partial charge in [0.1, 0.15) is 0 Å². The van der Waals surface area contributed by atoms with Gasteiger partial charge >= 0.3 is 0 Å². The van der Waals surface area contributed by atoms with Crippen molar-refractivity contribution < 1.29 is 4.74 Å². The number of nitrogens with two attached hydrogens (primary N) is 1. The second-order valence-electron chi connectivity index (χ2n) is 5.69. The van der Waals surface area contributed by atoms with Gasteiger partial charge in [-0.1, -0.05) is 71.6 Å². The first-order valence-corrected chi connectivity index (χ1v) is 8.66. The quantitative estimate of drug-likeness (QED) is 0.388. The molecule has 0 fully saturated rings. The SMILES string of the molecule is Br.CCCCCCCCC(CCCCC)OCCCN. The fourth-order valence-electron chi connectivity index (χ4n) is 2.42. The molecule has 0 rings (SSSR count). The molecule has 0 heterocycles. The van der Waals surface area contributed by atoms with Crippen LogP contribution in [0.25, 0.3) is 0 Å². The van der Waals surface area contributed by atoms with Gasteiger partial charge in [0.25, 0.3) is 0 Å². The lowest BCUT2D eigenvalue weighted by Crippen LogP contribution is -2.15. The van der Waals surface area contributed by atoms with Gasteiger partial charge in [0, 0.05) is 6.61 Å². The topological polar surface area (TPSA) is 35.2 Å². The van der Waals surface area contributed by atoms with Crippen molar-refractivity contribution in [3.63, 3.8) is 0 Å². The molecule has 0 saturated carbocycles. The molecule has 0 saturated heterocycles. The van der Waals surface area contributed by atoms with Crippen molar-refractivity contribution in [3.05, 3.63) is 0 Å². The van der Waals surface area contributed by atoms with Crippen LogP contribution < -0.4 is 5.73 Å². The third kappa shape index (κ3) is 16.5. The summed E-state index contributed by atoms with van der Waals surface area (Å²) in [5, 5.41) is 0. The molecule has 0 aliphatic rings. The molecule has 0 aliphatic heterocycles. The van der Waals surface area contributed by atoms with Gasteiger partial charge in [-0.15, -0.1) is 17.0 Å². The molecule has 0 aliphatic carbocycles. The van der Waals surface area contributed by atoms with Crippen LogP contribution in [0.4, 0.5) is 0 Å². The molecule has 2 nitrogen and oxygen atoms in total. The Kier molecular flexibility index (Phi) is 22.0. The van der Waals surface area contributed by atoms with Gasteiger partial charge < -0.3 is 10.5 Å². The van der Waals surface area contributed by atoms with Crippen LogP contribution in [0.5, 0.6) is 0 Å². The van der Waals surface area contributed by atoms with Crippen molar-refractivity contribution in [1.29, 1.82) is 0 Å². The maximum absolute atomic E-state index is 5.98. The summed E-state index contributed by atoms with van der Waals surface area (Å²) in [6.45, 7) is 6.13. The molecule has 20 heavy (non-hydrogen) atoms. The molecule has 1 unspecified atom stereocenters. The predicted octanol–water partition coefficient (Wildman–Crippen LogP) is 5.63. The van der Waals surface area contributed by atoms with Crippen LogP contribution in [0.3, 0.4) is 0 Å². The number of rotatable bonds is 15. The Bertz CT molecular complexity index is 157. The summed E-state index contributed by atoms with van der Waals surface area (Å²) >= 11 is 0. The number of hydrogen-bond donors (Lipinski definition) is 1. The summed E-state index contributed by atoms with van der Waals surface area (Å²) < 4.78 is 5.98. The Hall–Kier alpha value is 0.400. The molecule has 0 aromatic heterocycles. The highest BCUT2D eigenvalue weighted by molar-refractivity contribution is 8.93. The van der Waals surface area contributed by atoms with Crippen molar-refractivity contribution in [2.24, 2.45) is 5.73 Å². The Balaban J connectivity index is 0. The minimum absolute atomic E-state index is 0. The second kappa shape index (κ2) is 19.4. The third-order valence-electron chi connectivity index (χ3n) is 3.71. The van der Waals surface area contributed by atoms with E-state index in [0.29, 0.717) is 6.10 Å². The average molecular weight is 352 g/mol. The van der Waals surface area contributed by atoms with Crippen molar-refractivity contribution in [3.8, 4) is 0 Å². The molecule has 124 valence electrons. The van der Waals surface area contributed by atoms with Crippen molar-refractivity contribution in [2.45, 2.75) is 97.0 Å². The first-order valence-electron chi connectivity index (χ1n) is 8.66. The van der Waals surface area contributed by atoms with E-state index in [-0.39, 0.29) is 17.0 Å². The van der Waals surface area contributed by atoms with Crippen molar-refractivity contribution >= 4 is 17.0 Å². The van der Waals surface area contributed by atoms with Crippen LogP contribution >= 0.6 is 17.0 Å². The normalized spacial score (nSPS) is 12.2. The van der Waals surface area contributed by atoms with Crippen LogP contribution in [-0.4, -0.2) is 19.3 Å². The standard InChI is InChI=1S/C17H37NO.BrH/c1-3-5-7-8-9-11-14-17(13-10-6-4-2)19-16-12-15-18;/h17H,3-16,18H2,1-2H3;1H. The Morgan fingerprint density at radius 3 is 1.85 bits per heavy atom. The molecule has 0 amide bonds. The number of ether oxygens (including phenoxy) is 1. The summed E-state index contributed by atoms with van der Waals surface area (Å²) in [5.41, 5.74) is 5.52. The van der Waals surface area contributed by atoms with Gasteiger partial charge in [-0.3, -0.25) is 0 Å². The Morgan fingerprint density at radius 2 is 1.25 bits per heavy atom. The van der Waals surface area contributed by atoms with Gasteiger partial charge in [0.15, 0.2) is 0 Å². The lowest BCUT2D eigenvalue weighted by molar-refractivity contribution is 0.0377. The number of unbranched alkanes of at least 4 members (excludes halogenated alkanes) is 7. The minimum Gasteiger partial charge on any atom is -0.378 e. The maximum atomic E-state index is 5.98. The highest BCUT2D eigenvalue weighted by Gasteiger charge is 2.08. The molecule has 2 N–H and O–H groups in total. The van der Waals surface area contributed by atoms with Crippen molar-refractivity contribution in [1.82, 2.24) is 0 Å². The Morgan fingerprint density at radius 1 is 0.750 bits per heavy atom. The minimum atomic E-state index is 0. The monoisotopic (exact) mass is 351 g/mol. The van der Waals surface area contributed by atoms with Gasteiger partial charge in [-0.2, -0.15) is 0 Å². The molecule has 1 atom stereocenters. The Labute approximate surface area is 138 Å². The van der Waals surface area contributed by atoms with E-state index < -0.39 is 0 Å². The number of hydrogen-bond acceptors (Lipinski definition) is 2. The zero-order chi connectivity index (χ0) is 14.2. The lowest BCUT2D eigenvalue weighted by Gasteiger charge is -2.17. The highest BCUT2D eigenvalue weighted by atomic mass is 79.9. The summed E-state index contributed by atoms with van der Waals surface area (Å²) in [6.07, 6.45) is 16.2. The summed E-state index contributed by atoms with van der Waals surface area (Å²) in [5.74, 6) is 0. The average Bonchev–Trinajstić information content (AvgIpc) is 2.42. The van der Waals surface area contributed by atoms with Crippen LogP contribution in [0, 0.1) is 0 Å². The summed E-state index contributed by atoms with van der Waals surface area (Å²) in [6, 6.07) is 0. The summed E-state index contributed by atoms with van der Waals surface area (Å²) in [4.78, 5) is 0.